The summed E-state index contributed by atoms with van der Waals surface area (Å²) in [5.41, 5.74) is 16.7. The van der Waals surface area contributed by atoms with Crippen molar-refractivity contribution in [2.45, 2.75) is 32.1 Å². The van der Waals surface area contributed by atoms with Gasteiger partial charge in [0.1, 0.15) is 17.0 Å². The summed E-state index contributed by atoms with van der Waals surface area (Å²) in [7, 11) is 0. The molecule has 2 aromatic heterocycles. The molecule has 55 heavy (non-hydrogen) atoms. The van der Waals surface area contributed by atoms with Crippen LogP contribution in [-0.2, 0) is 12.8 Å². The first-order valence-electron chi connectivity index (χ1n) is 19.4. The zero-order chi connectivity index (χ0) is 36.5. The first-order chi connectivity index (χ1) is 27.2. The molecule has 0 aliphatic heterocycles. The van der Waals surface area contributed by atoms with Gasteiger partial charge in [-0.05, 0) is 122 Å². The molecule has 0 fully saturated rings. The highest BCUT2D eigenvalue weighted by molar-refractivity contribution is 6.13. The van der Waals surface area contributed by atoms with Crippen LogP contribution in [0.5, 0.6) is 0 Å². The van der Waals surface area contributed by atoms with Gasteiger partial charge in [0.25, 0.3) is 0 Å². The molecule has 3 nitrogen and oxygen atoms in total. The molecular formula is C52H38N2O. The first kappa shape index (κ1) is 31.8. The lowest BCUT2D eigenvalue weighted by Crippen LogP contribution is -2.02. The van der Waals surface area contributed by atoms with E-state index in [-0.39, 0.29) is 0 Å². The maximum Gasteiger partial charge on any atom is 0.136 e. The molecule has 0 saturated heterocycles. The van der Waals surface area contributed by atoms with Gasteiger partial charge in [0.2, 0.25) is 0 Å². The van der Waals surface area contributed by atoms with Crippen LogP contribution in [0.4, 0.5) is 0 Å². The predicted molar refractivity (Wildman–Crippen MR) is 228 cm³/mol. The number of hydrogen-bond donors (Lipinski definition) is 0. The molecule has 0 radical (unpaired) electrons. The van der Waals surface area contributed by atoms with Gasteiger partial charge >= 0.3 is 0 Å². The molecular weight excluding hydrogens is 669 g/mol. The second-order valence-corrected chi connectivity index (χ2v) is 14.9. The first-order valence-corrected chi connectivity index (χ1v) is 19.4. The fraction of sp³-hybridized carbons (Fsp3) is 0.0962. The minimum atomic E-state index is 0.326. The number of nitrogens with zero attached hydrogens (tertiary/aromatic N) is 2. The monoisotopic (exact) mass is 706 g/mol. The van der Waals surface area contributed by atoms with E-state index in [1.807, 2.05) is 0 Å². The van der Waals surface area contributed by atoms with Gasteiger partial charge in [-0.25, -0.2) is 4.98 Å². The molecule has 1 aliphatic rings. The fourth-order valence-electron chi connectivity index (χ4n) is 9.22. The molecule has 0 N–H and O–H groups in total. The van der Waals surface area contributed by atoms with Gasteiger partial charge in [-0.15, -0.1) is 0 Å². The van der Waals surface area contributed by atoms with Crippen molar-refractivity contribution in [2.24, 2.45) is 0 Å². The van der Waals surface area contributed by atoms with Crippen molar-refractivity contribution in [1.82, 2.24) is 9.55 Å². The van der Waals surface area contributed by atoms with E-state index >= 15 is 0 Å². The Morgan fingerprint density at radius 2 is 1.40 bits per heavy atom. The summed E-state index contributed by atoms with van der Waals surface area (Å²) >= 11 is 0. The Balaban J connectivity index is 1.05. The van der Waals surface area contributed by atoms with E-state index in [1.165, 1.54) is 55.3 Å². The maximum absolute atomic E-state index is 6.52. The van der Waals surface area contributed by atoms with Gasteiger partial charge in [-0.3, -0.25) is 4.57 Å². The van der Waals surface area contributed by atoms with Crippen LogP contribution >= 0.6 is 0 Å². The largest absolute Gasteiger partial charge is 0.456 e. The molecule has 2 heterocycles. The predicted octanol–water partition coefficient (Wildman–Crippen LogP) is 13.7. The highest BCUT2D eigenvalue weighted by Crippen LogP contribution is 2.46. The summed E-state index contributed by atoms with van der Waals surface area (Å²) in [5, 5.41) is 4.88. The van der Waals surface area contributed by atoms with Crippen molar-refractivity contribution in [2.75, 3.05) is 0 Å². The van der Waals surface area contributed by atoms with E-state index in [4.69, 9.17) is 9.40 Å². The van der Waals surface area contributed by atoms with Crippen LogP contribution in [0.3, 0.4) is 0 Å². The maximum atomic E-state index is 6.52. The molecule has 1 aliphatic carbocycles. The molecule has 8 aromatic carbocycles. The zero-order valence-electron chi connectivity index (χ0n) is 30.7. The Hall–Kier alpha value is -6.71. The van der Waals surface area contributed by atoms with Gasteiger partial charge in [0.05, 0.1) is 11.0 Å². The number of imidazole rings is 1. The zero-order valence-corrected chi connectivity index (χ0v) is 30.7. The standard InChI is InChI=1S/C52H38N2O/c1-2-50-53-46-16-8-9-17-47(46)54(50)39-26-21-35(22-27-39)42-15-10-18-49-52(42)45-32-38(25-30-48(45)55-49)37-24-29-43-40(33-11-4-3-5-12-33)28-23-36-20-19-34-13-6-7-14-41(34)51(36)44(43)31-37/h3-22,24-27,29-32,40H,2,23,28H2,1H3. The van der Waals surface area contributed by atoms with E-state index in [2.05, 4.69) is 181 Å². The van der Waals surface area contributed by atoms with E-state index in [0.29, 0.717) is 5.92 Å². The molecule has 1 atom stereocenters. The summed E-state index contributed by atoms with van der Waals surface area (Å²) in [6, 6.07) is 62.2. The average Bonchev–Trinajstić information content (AvgIpc) is 3.77. The topological polar surface area (TPSA) is 31.0 Å². The third-order valence-electron chi connectivity index (χ3n) is 11.8. The third kappa shape index (κ3) is 5.15. The molecule has 0 saturated carbocycles. The number of rotatable bonds is 5. The van der Waals surface area contributed by atoms with Crippen LogP contribution in [0.15, 0.2) is 174 Å². The number of aryl methyl sites for hydroxylation is 2. The minimum absolute atomic E-state index is 0.326. The Morgan fingerprint density at radius 3 is 2.29 bits per heavy atom. The Kier molecular flexibility index (Phi) is 7.34. The quantitative estimate of drug-likeness (QED) is 0.178. The minimum Gasteiger partial charge on any atom is -0.456 e. The molecule has 262 valence electrons. The molecule has 10 aromatic rings. The van der Waals surface area contributed by atoms with Crippen molar-refractivity contribution >= 4 is 43.7 Å². The summed E-state index contributed by atoms with van der Waals surface area (Å²) in [6.07, 6.45) is 2.98. The van der Waals surface area contributed by atoms with E-state index in [9.17, 15) is 0 Å². The number of furan rings is 1. The van der Waals surface area contributed by atoms with Crippen LogP contribution < -0.4 is 0 Å². The summed E-state index contributed by atoms with van der Waals surface area (Å²) < 4.78 is 8.80. The smallest absolute Gasteiger partial charge is 0.136 e. The van der Waals surface area contributed by atoms with Crippen molar-refractivity contribution in [3.05, 3.63) is 192 Å². The summed E-state index contributed by atoms with van der Waals surface area (Å²) in [6.45, 7) is 2.17. The molecule has 0 spiro atoms. The van der Waals surface area contributed by atoms with E-state index in [1.54, 1.807) is 0 Å². The molecule has 1 unspecified atom stereocenters. The van der Waals surface area contributed by atoms with Gasteiger partial charge in [-0.2, -0.15) is 0 Å². The fourth-order valence-corrected chi connectivity index (χ4v) is 9.22. The Bertz CT molecular complexity index is 3080. The molecule has 11 rings (SSSR count). The van der Waals surface area contributed by atoms with Crippen LogP contribution in [0, 0.1) is 0 Å². The number of hydrogen-bond acceptors (Lipinski definition) is 2. The van der Waals surface area contributed by atoms with Crippen molar-refractivity contribution in [3.63, 3.8) is 0 Å². The van der Waals surface area contributed by atoms with Crippen LogP contribution in [0.2, 0.25) is 0 Å². The van der Waals surface area contributed by atoms with Crippen molar-refractivity contribution < 1.29 is 4.42 Å². The normalized spacial score (nSPS) is 14.0. The van der Waals surface area contributed by atoms with Gasteiger partial charge < -0.3 is 4.42 Å². The van der Waals surface area contributed by atoms with Crippen LogP contribution in [0.1, 0.15) is 41.8 Å². The molecule has 3 heteroatoms. The highest BCUT2D eigenvalue weighted by Gasteiger charge is 2.26. The lowest BCUT2D eigenvalue weighted by atomic mass is 9.84. The van der Waals surface area contributed by atoms with Gasteiger partial charge in [0, 0.05) is 28.8 Å². The summed E-state index contributed by atoms with van der Waals surface area (Å²) in [5.74, 6) is 1.39. The van der Waals surface area contributed by atoms with Crippen LogP contribution in [-0.4, -0.2) is 9.55 Å². The van der Waals surface area contributed by atoms with Gasteiger partial charge in [0.15, 0.2) is 0 Å². The molecule has 0 amide bonds. The summed E-state index contributed by atoms with van der Waals surface area (Å²) in [4.78, 5) is 4.91. The third-order valence-corrected chi connectivity index (χ3v) is 11.8. The van der Waals surface area contributed by atoms with Crippen molar-refractivity contribution in [3.8, 4) is 39.1 Å². The highest BCUT2D eigenvalue weighted by atomic mass is 16.3. The second kappa shape index (κ2) is 12.7. The van der Waals surface area contributed by atoms with Crippen LogP contribution in [0.25, 0.3) is 82.8 Å². The average molecular weight is 707 g/mol. The lowest BCUT2D eigenvalue weighted by molar-refractivity contribution is 0.669. The second-order valence-electron chi connectivity index (χ2n) is 14.9. The number of aromatic nitrogens is 2. The number of benzene rings is 8. The lowest BCUT2D eigenvalue weighted by Gasteiger charge is -2.20. The number of fused-ring (bicyclic) bond motifs is 9. The van der Waals surface area contributed by atoms with E-state index < -0.39 is 0 Å². The van der Waals surface area contributed by atoms with Gasteiger partial charge in [-0.1, -0.05) is 128 Å². The number of para-hydroxylation sites is 2. The molecule has 0 bridgehead atoms. The van der Waals surface area contributed by atoms with E-state index in [0.717, 1.165) is 69.3 Å². The SMILES string of the molecule is CCc1nc2ccccc2n1-c1ccc(-c2cccc3oc4ccc(-c5ccc6c(c5)-c5c(ccc7ccccc57)CCC6c5ccccc5)cc4c23)cc1. The van der Waals surface area contributed by atoms with Crippen molar-refractivity contribution in [1.29, 1.82) is 0 Å². The Morgan fingerprint density at radius 1 is 0.618 bits per heavy atom. The Labute approximate surface area is 320 Å².